The van der Waals surface area contributed by atoms with Crippen LogP contribution in [0.15, 0.2) is 12.1 Å². The van der Waals surface area contributed by atoms with E-state index in [4.69, 9.17) is 16.3 Å². The van der Waals surface area contributed by atoms with Gasteiger partial charge >= 0.3 is 0 Å². The first-order valence-corrected chi connectivity index (χ1v) is 8.20. The number of methoxy groups -OCH3 is 1. The number of ketones is 1. The number of carbonyl (C=O) groups excluding carboxylic acids is 1. The highest BCUT2D eigenvalue weighted by Gasteiger charge is 2.54. The molecule has 0 bridgehead atoms. The van der Waals surface area contributed by atoms with E-state index >= 15 is 0 Å². The van der Waals surface area contributed by atoms with E-state index in [0.29, 0.717) is 16.3 Å². The standard InChI is InChI=1S/C18H20ClNO3/c1-3-6-11-9-12(19)14(13(10-11)23-2)15-16(21)18(20-17(15)22)7-4-5-8-18/h9-10,15,17,20,22H,4-5,7-8H2,1-2H3. The van der Waals surface area contributed by atoms with Crippen molar-refractivity contribution in [1.82, 2.24) is 5.32 Å². The molecule has 0 radical (unpaired) electrons. The Hall–Kier alpha value is -1.54. The molecule has 2 N–H and O–H groups in total. The van der Waals surface area contributed by atoms with Gasteiger partial charge in [-0.05, 0) is 31.9 Å². The molecule has 1 aromatic carbocycles. The predicted octanol–water partition coefficient (Wildman–Crippen LogP) is 2.61. The van der Waals surface area contributed by atoms with Crippen LogP contribution in [0.1, 0.15) is 49.7 Å². The summed E-state index contributed by atoms with van der Waals surface area (Å²) in [6, 6.07) is 3.48. The van der Waals surface area contributed by atoms with Crippen molar-refractivity contribution >= 4 is 17.4 Å². The molecule has 3 rings (SSSR count). The molecule has 4 nitrogen and oxygen atoms in total. The minimum absolute atomic E-state index is 0.0111. The van der Waals surface area contributed by atoms with Gasteiger partial charge < -0.3 is 9.84 Å². The fourth-order valence-electron chi connectivity index (χ4n) is 3.82. The molecule has 1 aliphatic carbocycles. The van der Waals surface area contributed by atoms with Crippen molar-refractivity contribution in [2.75, 3.05) is 7.11 Å². The molecule has 1 spiro atoms. The third-order valence-corrected chi connectivity index (χ3v) is 5.16. The zero-order chi connectivity index (χ0) is 16.6. The lowest BCUT2D eigenvalue weighted by Crippen LogP contribution is -2.44. The van der Waals surface area contributed by atoms with Crippen molar-refractivity contribution in [1.29, 1.82) is 0 Å². The maximum absolute atomic E-state index is 13.0. The van der Waals surface area contributed by atoms with Gasteiger partial charge in [-0.3, -0.25) is 10.1 Å². The molecule has 5 heteroatoms. The van der Waals surface area contributed by atoms with Gasteiger partial charge in [0.05, 0.1) is 18.6 Å². The largest absolute Gasteiger partial charge is 0.496 e. The van der Waals surface area contributed by atoms with E-state index in [9.17, 15) is 9.90 Å². The van der Waals surface area contributed by atoms with Crippen molar-refractivity contribution in [3.63, 3.8) is 0 Å². The lowest BCUT2D eigenvalue weighted by Gasteiger charge is -2.21. The molecular weight excluding hydrogens is 314 g/mol. The summed E-state index contributed by atoms with van der Waals surface area (Å²) in [7, 11) is 1.53. The number of aliphatic hydroxyl groups is 1. The smallest absolute Gasteiger partial charge is 0.164 e. The quantitative estimate of drug-likeness (QED) is 0.817. The number of benzene rings is 1. The average molecular weight is 334 g/mol. The van der Waals surface area contributed by atoms with Gasteiger partial charge in [-0.2, -0.15) is 0 Å². The molecule has 0 amide bonds. The van der Waals surface area contributed by atoms with Crippen molar-refractivity contribution in [2.45, 2.75) is 50.3 Å². The highest BCUT2D eigenvalue weighted by molar-refractivity contribution is 6.32. The molecule has 2 aliphatic rings. The van der Waals surface area contributed by atoms with Crippen molar-refractivity contribution in [2.24, 2.45) is 0 Å². The summed E-state index contributed by atoms with van der Waals surface area (Å²) in [5, 5.41) is 14.0. The molecule has 1 saturated carbocycles. The van der Waals surface area contributed by atoms with Crippen LogP contribution in [-0.2, 0) is 4.79 Å². The Morgan fingerprint density at radius 1 is 1.39 bits per heavy atom. The molecule has 1 aliphatic heterocycles. The first kappa shape index (κ1) is 16.3. The van der Waals surface area contributed by atoms with Gasteiger partial charge in [0.15, 0.2) is 5.78 Å². The summed E-state index contributed by atoms with van der Waals surface area (Å²) in [5.41, 5.74) is 0.659. The molecule has 2 fully saturated rings. The lowest BCUT2D eigenvalue weighted by atomic mass is 9.85. The van der Waals surface area contributed by atoms with Gasteiger partial charge in [-0.1, -0.05) is 30.4 Å². The fourth-order valence-corrected chi connectivity index (χ4v) is 4.14. The van der Waals surface area contributed by atoms with Gasteiger partial charge in [0.25, 0.3) is 0 Å². The van der Waals surface area contributed by atoms with Crippen molar-refractivity contribution in [3.8, 4) is 17.6 Å². The van der Waals surface area contributed by atoms with Gasteiger partial charge in [0.2, 0.25) is 0 Å². The predicted molar refractivity (Wildman–Crippen MR) is 88.6 cm³/mol. The fraction of sp³-hybridized carbons (Fsp3) is 0.500. The molecule has 122 valence electrons. The Morgan fingerprint density at radius 2 is 2.09 bits per heavy atom. The molecule has 2 atom stereocenters. The van der Waals surface area contributed by atoms with Crippen LogP contribution >= 0.6 is 11.6 Å². The SMILES string of the molecule is CC#Cc1cc(Cl)c(C2C(=O)C3(CCCC3)NC2O)c(OC)c1. The normalized spacial score (nSPS) is 25.5. The number of hydrogen-bond donors (Lipinski definition) is 2. The highest BCUT2D eigenvalue weighted by Crippen LogP contribution is 2.46. The summed E-state index contributed by atoms with van der Waals surface area (Å²) in [4.78, 5) is 13.0. The van der Waals surface area contributed by atoms with Crippen LogP contribution in [0, 0.1) is 11.8 Å². The summed E-state index contributed by atoms with van der Waals surface area (Å²) >= 11 is 6.42. The average Bonchev–Trinajstić information content (AvgIpc) is 3.07. The number of aliphatic hydroxyl groups excluding tert-OH is 1. The second-order valence-electron chi connectivity index (χ2n) is 6.17. The maximum atomic E-state index is 13.0. The van der Waals surface area contributed by atoms with Gasteiger partial charge in [-0.15, -0.1) is 5.92 Å². The molecule has 0 aromatic heterocycles. The number of ether oxygens (including phenoxy) is 1. The molecule has 2 unspecified atom stereocenters. The van der Waals surface area contributed by atoms with Crippen molar-refractivity contribution in [3.05, 3.63) is 28.3 Å². The highest BCUT2D eigenvalue weighted by atomic mass is 35.5. The Morgan fingerprint density at radius 3 is 2.70 bits per heavy atom. The number of carbonyl (C=O) groups is 1. The van der Waals surface area contributed by atoms with Crippen LogP contribution in [-0.4, -0.2) is 29.8 Å². The second-order valence-corrected chi connectivity index (χ2v) is 6.58. The molecule has 1 heterocycles. The number of hydrogen-bond acceptors (Lipinski definition) is 4. The third-order valence-electron chi connectivity index (χ3n) is 4.84. The minimum atomic E-state index is -0.949. The van der Waals surface area contributed by atoms with Crippen LogP contribution in [0.3, 0.4) is 0 Å². The molecule has 1 aromatic rings. The summed E-state index contributed by atoms with van der Waals surface area (Å²) in [5.74, 6) is 5.54. The Labute approximate surface area is 141 Å². The first-order valence-electron chi connectivity index (χ1n) is 7.82. The minimum Gasteiger partial charge on any atom is -0.496 e. The molecular formula is C18H20ClNO3. The van der Waals surface area contributed by atoms with E-state index in [2.05, 4.69) is 17.2 Å². The van der Waals surface area contributed by atoms with E-state index in [1.807, 2.05) is 0 Å². The van der Waals surface area contributed by atoms with Gasteiger partial charge in [-0.25, -0.2) is 0 Å². The van der Waals surface area contributed by atoms with Gasteiger partial charge in [0.1, 0.15) is 12.0 Å². The summed E-state index contributed by atoms with van der Waals surface area (Å²) in [6.07, 6.45) is 2.56. The zero-order valence-electron chi connectivity index (χ0n) is 13.3. The third kappa shape index (κ3) is 2.63. The molecule has 23 heavy (non-hydrogen) atoms. The molecule has 1 saturated heterocycles. The van der Waals surface area contributed by atoms with Gasteiger partial charge in [0, 0.05) is 16.1 Å². The van der Waals surface area contributed by atoms with Crippen LogP contribution in [0.5, 0.6) is 5.75 Å². The Kier molecular flexibility index (Phi) is 4.37. The maximum Gasteiger partial charge on any atom is 0.164 e. The Bertz CT molecular complexity index is 698. The number of Topliss-reactive ketones (excluding diaryl/α,β-unsaturated/α-hetero) is 1. The van der Waals surface area contributed by atoms with Crippen LogP contribution < -0.4 is 10.1 Å². The van der Waals surface area contributed by atoms with E-state index in [0.717, 1.165) is 31.2 Å². The topological polar surface area (TPSA) is 58.6 Å². The van der Waals surface area contributed by atoms with E-state index in [1.54, 1.807) is 19.1 Å². The monoisotopic (exact) mass is 333 g/mol. The van der Waals surface area contributed by atoms with E-state index in [-0.39, 0.29) is 5.78 Å². The second kappa shape index (κ2) is 6.16. The van der Waals surface area contributed by atoms with E-state index < -0.39 is 17.7 Å². The van der Waals surface area contributed by atoms with Crippen molar-refractivity contribution < 1.29 is 14.6 Å². The summed E-state index contributed by atoms with van der Waals surface area (Å²) < 4.78 is 5.43. The number of nitrogens with one attached hydrogen (secondary N) is 1. The lowest BCUT2D eigenvalue weighted by molar-refractivity contribution is -0.123. The zero-order valence-corrected chi connectivity index (χ0v) is 14.0. The number of halogens is 1. The first-order chi connectivity index (χ1) is 11.0. The Balaban J connectivity index is 2.07. The van der Waals surface area contributed by atoms with E-state index in [1.165, 1.54) is 7.11 Å². The number of rotatable bonds is 2. The van der Waals surface area contributed by atoms with Crippen LogP contribution in [0.4, 0.5) is 0 Å². The van der Waals surface area contributed by atoms with Crippen LogP contribution in [0.2, 0.25) is 5.02 Å². The van der Waals surface area contributed by atoms with Crippen LogP contribution in [0.25, 0.3) is 0 Å². The summed E-state index contributed by atoms with van der Waals surface area (Å²) in [6.45, 7) is 1.74.